The highest BCUT2D eigenvalue weighted by atomic mass is 16.3. The number of hydrogen-bond donors (Lipinski definition) is 0. The van der Waals surface area contributed by atoms with E-state index in [0.717, 1.165) is 11.1 Å². The summed E-state index contributed by atoms with van der Waals surface area (Å²) < 4.78 is 5.16. The number of ketones is 2. The summed E-state index contributed by atoms with van der Waals surface area (Å²) in [5.41, 5.74) is 2.22. The maximum absolute atomic E-state index is 12.5. The van der Waals surface area contributed by atoms with Gasteiger partial charge >= 0.3 is 0 Å². The van der Waals surface area contributed by atoms with Crippen molar-refractivity contribution in [3.8, 4) is 6.07 Å². The van der Waals surface area contributed by atoms with E-state index in [2.05, 4.69) is 0 Å². The minimum absolute atomic E-state index is 0.113. The summed E-state index contributed by atoms with van der Waals surface area (Å²) in [5, 5.41) is 9.23. The molecule has 2 rings (SSSR count). The molecule has 0 amide bonds. The van der Waals surface area contributed by atoms with E-state index in [4.69, 9.17) is 4.42 Å². The Labute approximate surface area is 129 Å². The molecule has 0 spiro atoms. The Bertz CT molecular complexity index is 723. The van der Waals surface area contributed by atoms with E-state index in [1.165, 1.54) is 6.26 Å². The summed E-state index contributed by atoms with van der Waals surface area (Å²) >= 11 is 0. The summed E-state index contributed by atoms with van der Waals surface area (Å²) in [6.45, 7) is 3.72. The zero-order valence-electron chi connectivity index (χ0n) is 12.6. The number of carbonyl (C=O) groups excluding carboxylic acids is 2. The molecule has 0 saturated heterocycles. The van der Waals surface area contributed by atoms with E-state index in [1.807, 2.05) is 26.0 Å². The van der Waals surface area contributed by atoms with Gasteiger partial charge in [0.25, 0.3) is 0 Å². The molecule has 0 fully saturated rings. The van der Waals surface area contributed by atoms with Crippen LogP contribution in [0.25, 0.3) is 0 Å². The molecule has 0 saturated carbocycles. The van der Waals surface area contributed by atoms with Gasteiger partial charge in [0.2, 0.25) is 0 Å². The zero-order valence-corrected chi connectivity index (χ0v) is 12.6. The van der Waals surface area contributed by atoms with Gasteiger partial charge < -0.3 is 4.42 Å². The lowest BCUT2D eigenvalue weighted by molar-refractivity contribution is -0.120. The lowest BCUT2D eigenvalue weighted by atomic mass is 9.89. The van der Waals surface area contributed by atoms with Crippen LogP contribution in [0.15, 0.2) is 41.0 Å². The molecule has 0 radical (unpaired) electrons. The van der Waals surface area contributed by atoms with Crippen LogP contribution in [-0.4, -0.2) is 11.6 Å². The van der Waals surface area contributed by atoms with Crippen LogP contribution in [0.4, 0.5) is 0 Å². The third-order valence-corrected chi connectivity index (χ3v) is 3.78. The number of furan rings is 1. The average molecular weight is 295 g/mol. The summed E-state index contributed by atoms with van der Waals surface area (Å²) in [7, 11) is 0. The summed E-state index contributed by atoms with van der Waals surface area (Å²) in [6, 6.07) is 10.7. The number of hydrogen-bond acceptors (Lipinski definition) is 4. The van der Waals surface area contributed by atoms with E-state index < -0.39 is 11.7 Å². The van der Waals surface area contributed by atoms with Crippen LogP contribution in [0, 0.1) is 31.1 Å². The second-order valence-electron chi connectivity index (χ2n) is 5.22. The first kappa shape index (κ1) is 15.7. The molecule has 0 aliphatic carbocycles. The largest absolute Gasteiger partial charge is 0.469 e. The van der Waals surface area contributed by atoms with E-state index in [-0.39, 0.29) is 12.2 Å². The van der Waals surface area contributed by atoms with Gasteiger partial charge in [-0.3, -0.25) is 9.59 Å². The maximum Gasteiger partial charge on any atom is 0.187 e. The number of aryl methyl sites for hydroxylation is 2. The Morgan fingerprint density at radius 2 is 2.00 bits per heavy atom. The molecule has 4 heteroatoms. The van der Waals surface area contributed by atoms with Gasteiger partial charge in [-0.2, -0.15) is 5.26 Å². The summed E-state index contributed by atoms with van der Waals surface area (Å²) in [6.07, 6.45) is 2.04. The fourth-order valence-electron chi connectivity index (χ4n) is 2.30. The predicted molar refractivity (Wildman–Crippen MR) is 81.4 cm³/mol. The van der Waals surface area contributed by atoms with Gasteiger partial charge in [-0.25, -0.2) is 0 Å². The third-order valence-electron chi connectivity index (χ3n) is 3.78. The van der Waals surface area contributed by atoms with Crippen molar-refractivity contribution in [3.05, 3.63) is 59.0 Å². The van der Waals surface area contributed by atoms with Gasteiger partial charge in [-0.05, 0) is 37.1 Å². The highest BCUT2D eigenvalue weighted by Gasteiger charge is 2.28. The lowest BCUT2D eigenvalue weighted by Gasteiger charge is -2.11. The van der Waals surface area contributed by atoms with E-state index in [9.17, 15) is 14.9 Å². The molecule has 2 aromatic rings. The van der Waals surface area contributed by atoms with Crippen LogP contribution in [0.3, 0.4) is 0 Å². The Hall–Kier alpha value is -2.67. The molecule has 0 aliphatic rings. The topological polar surface area (TPSA) is 71.1 Å². The minimum Gasteiger partial charge on any atom is -0.469 e. The molecule has 1 aromatic heterocycles. The van der Waals surface area contributed by atoms with Crippen LogP contribution in [0.5, 0.6) is 0 Å². The summed E-state index contributed by atoms with van der Waals surface area (Å²) in [4.78, 5) is 24.7. The van der Waals surface area contributed by atoms with Crippen LogP contribution in [-0.2, 0) is 11.2 Å². The van der Waals surface area contributed by atoms with Crippen LogP contribution < -0.4 is 0 Å². The molecule has 22 heavy (non-hydrogen) atoms. The van der Waals surface area contributed by atoms with Gasteiger partial charge in [0.1, 0.15) is 5.76 Å². The predicted octanol–water partition coefficient (Wildman–Crippen LogP) is 3.42. The van der Waals surface area contributed by atoms with Gasteiger partial charge in [-0.1, -0.05) is 18.2 Å². The number of benzene rings is 1. The number of nitrogens with zero attached hydrogens (tertiary/aromatic N) is 1. The zero-order chi connectivity index (χ0) is 16.1. The van der Waals surface area contributed by atoms with Crippen molar-refractivity contribution in [2.45, 2.75) is 26.7 Å². The van der Waals surface area contributed by atoms with Crippen molar-refractivity contribution >= 4 is 11.6 Å². The fourth-order valence-corrected chi connectivity index (χ4v) is 2.30. The molecule has 1 aromatic carbocycles. The number of nitriles is 1. The molecule has 4 nitrogen and oxygen atoms in total. The van der Waals surface area contributed by atoms with Crippen molar-refractivity contribution in [1.29, 1.82) is 5.26 Å². The first-order valence-electron chi connectivity index (χ1n) is 7.09. The Morgan fingerprint density at radius 3 is 2.64 bits per heavy atom. The van der Waals surface area contributed by atoms with E-state index >= 15 is 0 Å². The van der Waals surface area contributed by atoms with E-state index in [0.29, 0.717) is 17.7 Å². The average Bonchev–Trinajstić information content (AvgIpc) is 3.02. The second kappa shape index (κ2) is 6.86. The van der Waals surface area contributed by atoms with Crippen molar-refractivity contribution in [3.63, 3.8) is 0 Å². The Balaban J connectivity index is 2.13. The smallest absolute Gasteiger partial charge is 0.187 e. The number of rotatable bonds is 6. The standard InChI is InChI=1S/C18H17NO3/c1-12-5-3-7-15(13(12)2)18(21)16(11-19)17(20)9-8-14-6-4-10-22-14/h3-7,10,16H,8-9H2,1-2H3/t16-/m1/s1. The van der Waals surface area contributed by atoms with Crippen molar-refractivity contribution in [1.82, 2.24) is 0 Å². The molecule has 0 unspecified atom stereocenters. The van der Waals surface area contributed by atoms with Crippen LogP contribution in [0.1, 0.15) is 33.7 Å². The maximum atomic E-state index is 12.5. The van der Waals surface area contributed by atoms with Gasteiger partial charge in [-0.15, -0.1) is 0 Å². The molecule has 0 N–H and O–H groups in total. The molecule has 1 heterocycles. The van der Waals surface area contributed by atoms with Crippen LogP contribution in [0.2, 0.25) is 0 Å². The van der Waals surface area contributed by atoms with E-state index in [1.54, 1.807) is 24.3 Å². The normalized spacial score (nSPS) is 11.7. The lowest BCUT2D eigenvalue weighted by Crippen LogP contribution is -2.24. The highest BCUT2D eigenvalue weighted by Crippen LogP contribution is 2.19. The molecule has 1 atom stereocenters. The Morgan fingerprint density at radius 1 is 1.23 bits per heavy atom. The quantitative estimate of drug-likeness (QED) is 0.604. The fraction of sp³-hybridized carbons (Fsp3) is 0.278. The van der Waals surface area contributed by atoms with Gasteiger partial charge in [0.15, 0.2) is 17.5 Å². The molecule has 0 bridgehead atoms. The summed E-state index contributed by atoms with van der Waals surface area (Å²) in [5.74, 6) is -1.38. The number of Topliss-reactive ketones (excluding diaryl/α,β-unsaturated/α-hetero) is 2. The Kier molecular flexibility index (Phi) is 4.90. The molecule has 112 valence electrons. The van der Waals surface area contributed by atoms with Crippen molar-refractivity contribution in [2.24, 2.45) is 5.92 Å². The second-order valence-corrected chi connectivity index (χ2v) is 5.22. The molecular weight excluding hydrogens is 278 g/mol. The van der Waals surface area contributed by atoms with Crippen molar-refractivity contribution in [2.75, 3.05) is 0 Å². The SMILES string of the molecule is Cc1cccc(C(=O)[C@H](C#N)C(=O)CCc2ccco2)c1C. The minimum atomic E-state index is -1.25. The first-order chi connectivity index (χ1) is 10.5. The van der Waals surface area contributed by atoms with Crippen LogP contribution >= 0.6 is 0 Å². The van der Waals surface area contributed by atoms with Gasteiger partial charge in [0, 0.05) is 18.4 Å². The van der Waals surface area contributed by atoms with Gasteiger partial charge in [0.05, 0.1) is 12.3 Å². The highest BCUT2D eigenvalue weighted by molar-refractivity contribution is 6.13. The first-order valence-corrected chi connectivity index (χ1v) is 7.09. The number of carbonyl (C=O) groups is 2. The third kappa shape index (κ3) is 3.32. The molecule has 0 aliphatic heterocycles. The van der Waals surface area contributed by atoms with Crippen molar-refractivity contribution < 1.29 is 14.0 Å². The molecular formula is C18H17NO3. The monoisotopic (exact) mass is 295 g/mol.